The maximum atomic E-state index is 9.54. The Morgan fingerprint density at radius 1 is 0.963 bits per heavy atom. The number of rotatable bonds is 4. The van der Waals surface area contributed by atoms with Crippen LogP contribution in [0.15, 0.2) is 82.6 Å². The summed E-state index contributed by atoms with van der Waals surface area (Å²) >= 11 is 7.59. The van der Waals surface area contributed by atoms with Crippen molar-refractivity contribution < 1.29 is 0 Å². The molecule has 3 nitrogen and oxygen atoms in total. The fraction of sp³-hybridized carbons (Fsp3) is 0. The summed E-state index contributed by atoms with van der Waals surface area (Å²) in [4.78, 5) is 9.95. The van der Waals surface area contributed by atoms with E-state index in [2.05, 4.69) is 16.0 Å². The Morgan fingerprint density at radius 2 is 1.63 bits per heavy atom. The average molecular weight is 388 g/mol. The molecule has 5 heteroatoms. The zero-order valence-electron chi connectivity index (χ0n) is 14.2. The number of hydrogen-bond acceptors (Lipinski definition) is 3. The minimum absolute atomic E-state index is 0.504. The van der Waals surface area contributed by atoms with Crippen molar-refractivity contribution in [2.75, 3.05) is 0 Å². The lowest BCUT2D eigenvalue weighted by molar-refractivity contribution is 1.27. The highest BCUT2D eigenvalue weighted by Crippen LogP contribution is 2.29. The maximum Gasteiger partial charge on any atom is 0.149 e. The molecule has 0 aliphatic carbocycles. The van der Waals surface area contributed by atoms with Crippen LogP contribution >= 0.6 is 23.4 Å². The second-order valence-electron chi connectivity index (χ2n) is 5.90. The Morgan fingerprint density at radius 3 is 2.30 bits per heavy atom. The summed E-state index contributed by atoms with van der Waals surface area (Å²) < 4.78 is 0. The summed E-state index contributed by atoms with van der Waals surface area (Å²) in [6.45, 7) is 0. The number of aromatic nitrogens is 2. The third kappa shape index (κ3) is 4.06. The second-order valence-corrected chi connectivity index (χ2v) is 7.48. The Balaban J connectivity index is 1.56. The quantitative estimate of drug-likeness (QED) is 0.410. The summed E-state index contributed by atoms with van der Waals surface area (Å²) in [7, 11) is 0. The van der Waals surface area contributed by atoms with Crippen LogP contribution in [0.25, 0.3) is 22.7 Å². The van der Waals surface area contributed by atoms with Crippen molar-refractivity contribution in [3.63, 3.8) is 0 Å². The molecule has 0 amide bonds. The molecule has 1 heterocycles. The predicted molar refractivity (Wildman–Crippen MR) is 112 cm³/mol. The molecule has 0 unspecified atom stereocenters. The molecule has 0 atom stereocenters. The van der Waals surface area contributed by atoms with Crippen LogP contribution in [-0.4, -0.2) is 9.97 Å². The van der Waals surface area contributed by atoms with Crippen LogP contribution in [0.3, 0.4) is 0 Å². The van der Waals surface area contributed by atoms with Gasteiger partial charge in [0.05, 0.1) is 16.6 Å². The number of imidazole rings is 1. The third-order valence-electron chi connectivity index (χ3n) is 4.01. The van der Waals surface area contributed by atoms with E-state index in [-0.39, 0.29) is 0 Å². The molecule has 27 heavy (non-hydrogen) atoms. The highest BCUT2D eigenvalue weighted by atomic mass is 35.5. The number of fused-ring (bicyclic) bond motifs is 1. The first-order chi connectivity index (χ1) is 13.2. The van der Waals surface area contributed by atoms with Gasteiger partial charge in [0.1, 0.15) is 11.9 Å². The molecule has 0 saturated heterocycles. The zero-order valence-corrected chi connectivity index (χ0v) is 15.8. The predicted octanol–water partition coefficient (Wildman–Crippen LogP) is 6.43. The number of nitriles is 1. The largest absolute Gasteiger partial charge is 0.337 e. The standard InChI is InChI=1S/C22H14ClN3S/c23-17-7-11-19(12-8-17)27-18-9-5-15(6-10-18)13-16(14-24)22-25-20-3-1-2-4-21(20)26-22/h1-13H,(H,25,26)/b16-13-. The lowest BCUT2D eigenvalue weighted by atomic mass is 10.1. The van der Waals surface area contributed by atoms with Crippen LogP contribution in [0.2, 0.25) is 5.02 Å². The maximum absolute atomic E-state index is 9.54. The molecule has 0 fully saturated rings. The van der Waals surface area contributed by atoms with Crippen molar-refractivity contribution in [3.8, 4) is 6.07 Å². The molecule has 0 spiro atoms. The van der Waals surface area contributed by atoms with E-state index >= 15 is 0 Å². The lowest BCUT2D eigenvalue weighted by Gasteiger charge is -2.03. The van der Waals surface area contributed by atoms with Crippen LogP contribution in [0.4, 0.5) is 0 Å². The fourth-order valence-electron chi connectivity index (χ4n) is 2.67. The van der Waals surface area contributed by atoms with Gasteiger partial charge in [-0.25, -0.2) is 4.98 Å². The first-order valence-electron chi connectivity index (χ1n) is 8.32. The lowest BCUT2D eigenvalue weighted by Crippen LogP contribution is -1.85. The topological polar surface area (TPSA) is 52.5 Å². The number of para-hydroxylation sites is 2. The van der Waals surface area contributed by atoms with Crippen LogP contribution in [0.5, 0.6) is 0 Å². The first kappa shape index (κ1) is 17.4. The van der Waals surface area contributed by atoms with E-state index < -0.39 is 0 Å². The number of H-pyrrole nitrogens is 1. The molecular weight excluding hydrogens is 374 g/mol. The van der Waals surface area contributed by atoms with Crippen LogP contribution < -0.4 is 0 Å². The number of nitrogens with zero attached hydrogens (tertiary/aromatic N) is 2. The van der Waals surface area contributed by atoms with Crippen molar-refractivity contribution >= 4 is 46.0 Å². The molecule has 0 aliphatic rings. The summed E-state index contributed by atoms with van der Waals surface area (Å²) in [5.74, 6) is 0.582. The number of benzene rings is 3. The van der Waals surface area contributed by atoms with Crippen molar-refractivity contribution in [2.45, 2.75) is 9.79 Å². The van der Waals surface area contributed by atoms with E-state index in [4.69, 9.17) is 11.6 Å². The zero-order chi connectivity index (χ0) is 18.6. The van der Waals surface area contributed by atoms with Crippen LogP contribution in [0, 0.1) is 11.3 Å². The molecule has 0 aliphatic heterocycles. The van der Waals surface area contributed by atoms with Crippen LogP contribution in [0.1, 0.15) is 11.4 Å². The third-order valence-corrected chi connectivity index (χ3v) is 5.27. The second kappa shape index (κ2) is 7.71. The number of hydrogen-bond donors (Lipinski definition) is 1. The molecule has 3 aromatic carbocycles. The van der Waals surface area contributed by atoms with Gasteiger partial charge in [0.2, 0.25) is 0 Å². The van der Waals surface area contributed by atoms with E-state index in [0.29, 0.717) is 11.4 Å². The molecule has 4 rings (SSSR count). The van der Waals surface area contributed by atoms with Gasteiger partial charge in [0.15, 0.2) is 0 Å². The summed E-state index contributed by atoms with van der Waals surface area (Å²) in [6, 6.07) is 25.8. The summed E-state index contributed by atoms with van der Waals surface area (Å²) in [5.41, 5.74) is 3.23. The van der Waals surface area contributed by atoms with E-state index in [1.165, 1.54) is 0 Å². The number of halogens is 1. The van der Waals surface area contributed by atoms with Gasteiger partial charge in [-0.15, -0.1) is 0 Å². The Bertz CT molecular complexity index is 1120. The fourth-order valence-corrected chi connectivity index (χ4v) is 3.61. The molecular formula is C22H14ClN3S. The van der Waals surface area contributed by atoms with E-state index in [1.807, 2.05) is 78.9 Å². The van der Waals surface area contributed by atoms with Gasteiger partial charge >= 0.3 is 0 Å². The summed E-state index contributed by atoms with van der Waals surface area (Å²) in [6.07, 6.45) is 1.84. The highest BCUT2D eigenvalue weighted by molar-refractivity contribution is 7.99. The number of allylic oxidation sites excluding steroid dienone is 1. The molecule has 0 bridgehead atoms. The highest BCUT2D eigenvalue weighted by Gasteiger charge is 2.07. The summed E-state index contributed by atoms with van der Waals surface area (Å²) in [5, 5.41) is 10.3. The normalized spacial score (nSPS) is 11.5. The van der Waals surface area contributed by atoms with Crippen molar-refractivity contribution in [3.05, 3.63) is 89.2 Å². The molecule has 1 N–H and O–H groups in total. The van der Waals surface area contributed by atoms with Gasteiger partial charge in [0.25, 0.3) is 0 Å². The minimum Gasteiger partial charge on any atom is -0.337 e. The number of aromatic amines is 1. The Hall–Kier alpha value is -3.00. The molecule has 0 saturated carbocycles. The molecule has 4 aromatic rings. The van der Waals surface area contributed by atoms with E-state index in [0.717, 1.165) is 31.4 Å². The minimum atomic E-state index is 0.504. The van der Waals surface area contributed by atoms with Gasteiger partial charge in [-0.3, -0.25) is 0 Å². The molecule has 1 aromatic heterocycles. The SMILES string of the molecule is N#C/C(=C/c1ccc(Sc2ccc(Cl)cc2)cc1)c1nc2ccccc2[nH]1. The van der Waals surface area contributed by atoms with Gasteiger partial charge in [0, 0.05) is 14.8 Å². The van der Waals surface area contributed by atoms with E-state index in [9.17, 15) is 5.26 Å². The Kier molecular flexibility index (Phi) is 4.97. The Labute approximate surface area is 166 Å². The van der Waals surface area contributed by atoms with Crippen molar-refractivity contribution in [1.29, 1.82) is 5.26 Å². The monoisotopic (exact) mass is 387 g/mol. The van der Waals surface area contributed by atoms with Crippen LogP contribution in [-0.2, 0) is 0 Å². The van der Waals surface area contributed by atoms with Crippen molar-refractivity contribution in [2.24, 2.45) is 0 Å². The number of nitrogens with one attached hydrogen (secondary N) is 1. The van der Waals surface area contributed by atoms with E-state index in [1.54, 1.807) is 11.8 Å². The van der Waals surface area contributed by atoms with Gasteiger partial charge in [-0.2, -0.15) is 5.26 Å². The smallest absolute Gasteiger partial charge is 0.149 e. The first-order valence-corrected chi connectivity index (χ1v) is 9.51. The van der Waals surface area contributed by atoms with Gasteiger partial charge < -0.3 is 4.98 Å². The van der Waals surface area contributed by atoms with Crippen molar-refractivity contribution in [1.82, 2.24) is 9.97 Å². The average Bonchev–Trinajstić information content (AvgIpc) is 3.13. The molecule has 130 valence electrons. The molecule has 0 radical (unpaired) electrons. The van der Waals surface area contributed by atoms with Gasteiger partial charge in [-0.05, 0) is 60.2 Å². The van der Waals surface area contributed by atoms with Gasteiger partial charge in [-0.1, -0.05) is 47.6 Å².